The summed E-state index contributed by atoms with van der Waals surface area (Å²) >= 11 is 1.54. The molecule has 1 N–H and O–H groups in total. The van der Waals surface area contributed by atoms with E-state index in [2.05, 4.69) is 36.5 Å². The van der Waals surface area contributed by atoms with Crippen LogP contribution in [-0.4, -0.2) is 18.3 Å². The Morgan fingerprint density at radius 3 is 2.21 bits per heavy atom. The second-order valence-corrected chi connectivity index (χ2v) is 8.06. The molecule has 0 fully saturated rings. The fourth-order valence-electron chi connectivity index (χ4n) is 3.07. The molecule has 0 unspecified atom stereocenters. The quantitative estimate of drug-likeness (QED) is 0.549. The van der Waals surface area contributed by atoms with Gasteiger partial charge in [0.1, 0.15) is 5.75 Å². The van der Waals surface area contributed by atoms with Gasteiger partial charge in [-0.15, -0.1) is 11.8 Å². The molecule has 3 nitrogen and oxygen atoms in total. The predicted octanol–water partition coefficient (Wildman–Crippen LogP) is 5.39. The predicted molar refractivity (Wildman–Crippen MR) is 116 cm³/mol. The Kier molecular flexibility index (Phi) is 6.77. The van der Waals surface area contributed by atoms with Crippen LogP contribution in [0.15, 0.2) is 83.8 Å². The third-order valence-corrected chi connectivity index (χ3v) is 5.77. The Hall–Kier alpha value is -2.72. The smallest absolute Gasteiger partial charge is 0.233 e. The normalized spacial score (nSPS) is 12.8. The zero-order valence-electron chi connectivity index (χ0n) is 16.4. The highest BCUT2D eigenvalue weighted by molar-refractivity contribution is 8.00. The maximum absolute atomic E-state index is 13.0. The second kappa shape index (κ2) is 9.47. The van der Waals surface area contributed by atoms with Gasteiger partial charge in [-0.25, -0.2) is 0 Å². The van der Waals surface area contributed by atoms with Gasteiger partial charge >= 0.3 is 0 Å². The molecule has 0 saturated heterocycles. The summed E-state index contributed by atoms with van der Waals surface area (Å²) in [4.78, 5) is 14.0. The van der Waals surface area contributed by atoms with Crippen molar-refractivity contribution in [2.45, 2.75) is 30.0 Å². The number of carbonyl (C=O) groups excluding carboxylic acids is 1. The SMILES string of the molecule is COc1ccc(S[C@@H](C)C(=O)N[C@H](c2ccccc2)c2ccccc2C)cc1. The number of hydrogen-bond acceptors (Lipinski definition) is 3. The first kappa shape index (κ1) is 20.0. The minimum absolute atomic E-state index is 0.0120. The topological polar surface area (TPSA) is 38.3 Å². The van der Waals surface area contributed by atoms with Crippen LogP contribution in [0.2, 0.25) is 0 Å². The van der Waals surface area contributed by atoms with Crippen LogP contribution in [0.5, 0.6) is 5.75 Å². The van der Waals surface area contributed by atoms with Crippen LogP contribution in [0.3, 0.4) is 0 Å². The monoisotopic (exact) mass is 391 g/mol. The molecule has 4 heteroatoms. The maximum atomic E-state index is 13.0. The molecule has 1 amide bonds. The van der Waals surface area contributed by atoms with Crippen molar-refractivity contribution in [1.82, 2.24) is 5.32 Å². The molecule has 144 valence electrons. The van der Waals surface area contributed by atoms with Gasteiger partial charge in [0.15, 0.2) is 0 Å². The van der Waals surface area contributed by atoms with E-state index in [1.54, 1.807) is 7.11 Å². The molecule has 3 aromatic rings. The van der Waals surface area contributed by atoms with Crippen molar-refractivity contribution >= 4 is 17.7 Å². The lowest BCUT2D eigenvalue weighted by Crippen LogP contribution is -2.35. The van der Waals surface area contributed by atoms with Crippen LogP contribution in [0.1, 0.15) is 29.7 Å². The van der Waals surface area contributed by atoms with Crippen molar-refractivity contribution in [3.63, 3.8) is 0 Å². The minimum atomic E-state index is -0.219. The lowest BCUT2D eigenvalue weighted by atomic mass is 9.95. The molecule has 0 aliphatic rings. The van der Waals surface area contributed by atoms with Crippen molar-refractivity contribution in [1.29, 1.82) is 0 Å². The largest absolute Gasteiger partial charge is 0.497 e. The summed E-state index contributed by atoms with van der Waals surface area (Å²) in [5.74, 6) is 0.822. The van der Waals surface area contributed by atoms with Crippen LogP contribution in [0.25, 0.3) is 0 Å². The van der Waals surface area contributed by atoms with E-state index in [1.807, 2.05) is 61.5 Å². The lowest BCUT2D eigenvalue weighted by Gasteiger charge is -2.23. The fourth-order valence-corrected chi connectivity index (χ4v) is 3.94. The van der Waals surface area contributed by atoms with E-state index >= 15 is 0 Å². The number of aryl methyl sites for hydroxylation is 1. The molecular formula is C24H25NO2S. The highest BCUT2D eigenvalue weighted by Gasteiger charge is 2.22. The molecule has 0 bridgehead atoms. The summed E-state index contributed by atoms with van der Waals surface area (Å²) in [5.41, 5.74) is 3.35. The van der Waals surface area contributed by atoms with Crippen molar-refractivity contribution < 1.29 is 9.53 Å². The number of thioether (sulfide) groups is 1. The number of amides is 1. The molecule has 28 heavy (non-hydrogen) atoms. The highest BCUT2D eigenvalue weighted by atomic mass is 32.2. The average molecular weight is 392 g/mol. The van der Waals surface area contributed by atoms with Gasteiger partial charge in [-0.2, -0.15) is 0 Å². The maximum Gasteiger partial charge on any atom is 0.233 e. The summed E-state index contributed by atoms with van der Waals surface area (Å²) in [6.45, 7) is 4.01. The Balaban J connectivity index is 1.78. The summed E-state index contributed by atoms with van der Waals surface area (Å²) in [6.07, 6.45) is 0. The molecule has 0 aromatic heterocycles. The molecule has 0 saturated carbocycles. The molecule has 0 radical (unpaired) electrons. The van der Waals surface area contributed by atoms with Crippen LogP contribution in [0.4, 0.5) is 0 Å². The standard InChI is InChI=1S/C24H25NO2S/c1-17-9-7-8-12-22(17)23(19-10-5-4-6-11-19)25-24(26)18(2)28-21-15-13-20(27-3)14-16-21/h4-16,18,23H,1-3H3,(H,25,26)/t18-,23+/m0/s1. The van der Waals surface area contributed by atoms with E-state index in [-0.39, 0.29) is 17.2 Å². The number of benzene rings is 3. The third-order valence-electron chi connectivity index (χ3n) is 4.66. The van der Waals surface area contributed by atoms with E-state index < -0.39 is 0 Å². The van der Waals surface area contributed by atoms with Gasteiger partial charge in [0, 0.05) is 4.90 Å². The summed E-state index contributed by atoms with van der Waals surface area (Å²) in [5, 5.41) is 3.03. The summed E-state index contributed by atoms with van der Waals surface area (Å²) < 4.78 is 5.19. The van der Waals surface area contributed by atoms with Gasteiger partial charge in [-0.05, 0) is 54.8 Å². The Morgan fingerprint density at radius 2 is 1.57 bits per heavy atom. The molecule has 0 aliphatic heterocycles. The first-order valence-corrected chi connectivity index (χ1v) is 10.2. The molecule has 0 spiro atoms. The molecule has 0 aliphatic carbocycles. The number of ether oxygens (including phenoxy) is 1. The first-order chi connectivity index (χ1) is 13.6. The Bertz CT molecular complexity index is 909. The molecule has 0 heterocycles. The molecular weight excluding hydrogens is 366 g/mol. The third kappa shape index (κ3) is 4.96. The van der Waals surface area contributed by atoms with Gasteiger partial charge in [0.2, 0.25) is 5.91 Å². The van der Waals surface area contributed by atoms with Gasteiger partial charge in [-0.3, -0.25) is 4.79 Å². The molecule has 3 rings (SSSR count). The number of nitrogens with one attached hydrogen (secondary N) is 1. The average Bonchev–Trinajstić information content (AvgIpc) is 2.73. The number of rotatable bonds is 7. The first-order valence-electron chi connectivity index (χ1n) is 9.30. The summed E-state index contributed by atoms with van der Waals surface area (Å²) in [7, 11) is 1.65. The van der Waals surface area contributed by atoms with Crippen molar-refractivity contribution in [3.05, 3.63) is 95.6 Å². The Labute approximate surface area is 171 Å². The second-order valence-electron chi connectivity index (χ2n) is 6.64. The van der Waals surface area contributed by atoms with Crippen LogP contribution in [0, 0.1) is 6.92 Å². The fraction of sp³-hybridized carbons (Fsp3) is 0.208. The van der Waals surface area contributed by atoms with E-state index in [9.17, 15) is 4.79 Å². The molecule has 2 atom stereocenters. The lowest BCUT2D eigenvalue weighted by molar-refractivity contribution is -0.120. The zero-order chi connectivity index (χ0) is 19.9. The van der Waals surface area contributed by atoms with Crippen molar-refractivity contribution in [2.75, 3.05) is 7.11 Å². The van der Waals surface area contributed by atoms with Gasteiger partial charge < -0.3 is 10.1 Å². The number of hydrogen-bond donors (Lipinski definition) is 1. The van der Waals surface area contributed by atoms with Crippen molar-refractivity contribution in [2.24, 2.45) is 0 Å². The van der Waals surface area contributed by atoms with E-state index in [1.165, 1.54) is 11.8 Å². The van der Waals surface area contributed by atoms with E-state index in [0.29, 0.717) is 0 Å². The number of methoxy groups -OCH3 is 1. The summed E-state index contributed by atoms with van der Waals surface area (Å²) in [6, 6.07) is 25.9. The minimum Gasteiger partial charge on any atom is -0.497 e. The van der Waals surface area contributed by atoms with E-state index in [0.717, 1.165) is 27.3 Å². The van der Waals surface area contributed by atoms with E-state index in [4.69, 9.17) is 4.74 Å². The zero-order valence-corrected chi connectivity index (χ0v) is 17.2. The van der Waals surface area contributed by atoms with Crippen LogP contribution >= 0.6 is 11.8 Å². The Morgan fingerprint density at radius 1 is 0.929 bits per heavy atom. The van der Waals surface area contributed by atoms with Crippen LogP contribution in [-0.2, 0) is 4.79 Å². The molecule has 3 aromatic carbocycles. The van der Waals surface area contributed by atoms with Gasteiger partial charge in [0.05, 0.1) is 18.4 Å². The van der Waals surface area contributed by atoms with Gasteiger partial charge in [0.25, 0.3) is 0 Å². The van der Waals surface area contributed by atoms with Crippen LogP contribution < -0.4 is 10.1 Å². The van der Waals surface area contributed by atoms with Gasteiger partial charge in [-0.1, -0.05) is 54.6 Å². The number of carbonyl (C=O) groups is 1. The highest BCUT2D eigenvalue weighted by Crippen LogP contribution is 2.28. The van der Waals surface area contributed by atoms with Crippen molar-refractivity contribution in [3.8, 4) is 5.75 Å².